The summed E-state index contributed by atoms with van der Waals surface area (Å²) in [5.74, 6) is 1.14. The number of anilines is 1. The Hall–Kier alpha value is -1.91. The van der Waals surface area contributed by atoms with E-state index in [2.05, 4.69) is 10.6 Å². The molecule has 16 heavy (non-hydrogen) atoms. The van der Waals surface area contributed by atoms with Gasteiger partial charge in [0.1, 0.15) is 17.2 Å². The number of hydrogen-bond acceptors (Lipinski definition) is 3. The highest BCUT2D eigenvalue weighted by molar-refractivity contribution is 5.92. The van der Waals surface area contributed by atoms with Crippen molar-refractivity contribution in [3.05, 3.63) is 17.7 Å². The topological polar surface area (TPSA) is 59.6 Å². The predicted octanol–water partition coefficient (Wildman–Crippen LogP) is 1.76. The van der Waals surface area contributed by atoms with E-state index in [1.54, 1.807) is 21.3 Å². The standard InChI is InChI=1S/C11H16N2O3/c1-7-5-8(15-3)10(9(6-7)16-4)13-11(14)12-2/h5-6H,1-4H3,(H2,12,13,14). The van der Waals surface area contributed by atoms with Gasteiger partial charge in [-0.1, -0.05) is 0 Å². The maximum atomic E-state index is 11.3. The smallest absolute Gasteiger partial charge is 0.319 e. The highest BCUT2D eigenvalue weighted by Crippen LogP contribution is 2.35. The molecule has 0 aliphatic carbocycles. The molecule has 88 valence electrons. The van der Waals surface area contributed by atoms with E-state index in [9.17, 15) is 4.79 Å². The van der Waals surface area contributed by atoms with Crippen LogP contribution in [0.4, 0.5) is 10.5 Å². The summed E-state index contributed by atoms with van der Waals surface area (Å²) in [6, 6.07) is 3.34. The summed E-state index contributed by atoms with van der Waals surface area (Å²) in [7, 11) is 4.63. The lowest BCUT2D eigenvalue weighted by molar-refractivity contribution is 0.253. The molecule has 2 amide bonds. The molecule has 0 unspecified atom stereocenters. The van der Waals surface area contributed by atoms with E-state index in [0.717, 1.165) is 5.56 Å². The number of aryl methyl sites for hydroxylation is 1. The number of amides is 2. The number of hydrogen-bond donors (Lipinski definition) is 2. The van der Waals surface area contributed by atoms with Crippen molar-refractivity contribution in [2.24, 2.45) is 0 Å². The zero-order chi connectivity index (χ0) is 12.1. The van der Waals surface area contributed by atoms with Gasteiger partial charge in [-0.3, -0.25) is 0 Å². The lowest BCUT2D eigenvalue weighted by atomic mass is 10.2. The predicted molar refractivity (Wildman–Crippen MR) is 62.4 cm³/mol. The van der Waals surface area contributed by atoms with Crippen LogP contribution in [-0.2, 0) is 0 Å². The molecule has 0 aliphatic rings. The first-order valence-corrected chi connectivity index (χ1v) is 4.83. The number of rotatable bonds is 3. The van der Waals surface area contributed by atoms with Crippen LogP contribution in [-0.4, -0.2) is 27.3 Å². The second-order valence-electron chi connectivity index (χ2n) is 3.25. The molecule has 0 aromatic heterocycles. The van der Waals surface area contributed by atoms with E-state index in [1.165, 1.54) is 0 Å². The molecule has 1 aromatic carbocycles. The van der Waals surface area contributed by atoms with Gasteiger partial charge in [-0.25, -0.2) is 4.79 Å². The zero-order valence-corrected chi connectivity index (χ0v) is 9.88. The first kappa shape index (κ1) is 12.2. The number of carbonyl (C=O) groups excluding carboxylic acids is 1. The van der Waals surface area contributed by atoms with Crippen LogP contribution in [0.15, 0.2) is 12.1 Å². The zero-order valence-electron chi connectivity index (χ0n) is 9.88. The molecule has 5 nitrogen and oxygen atoms in total. The number of nitrogens with one attached hydrogen (secondary N) is 2. The Morgan fingerprint density at radius 2 is 1.69 bits per heavy atom. The molecule has 0 radical (unpaired) electrons. The van der Waals surface area contributed by atoms with Crippen molar-refractivity contribution in [1.29, 1.82) is 0 Å². The molecule has 0 saturated carbocycles. The van der Waals surface area contributed by atoms with E-state index >= 15 is 0 Å². The van der Waals surface area contributed by atoms with E-state index < -0.39 is 0 Å². The fourth-order valence-electron chi connectivity index (χ4n) is 1.34. The third kappa shape index (κ3) is 2.56. The lowest BCUT2D eigenvalue weighted by Crippen LogP contribution is -2.25. The van der Waals surface area contributed by atoms with Gasteiger partial charge in [-0.2, -0.15) is 0 Å². The molecule has 1 aromatic rings. The quantitative estimate of drug-likeness (QED) is 0.822. The lowest BCUT2D eigenvalue weighted by Gasteiger charge is -2.14. The Morgan fingerprint density at radius 1 is 1.19 bits per heavy atom. The minimum Gasteiger partial charge on any atom is -0.494 e. The first-order chi connectivity index (χ1) is 7.62. The van der Waals surface area contributed by atoms with E-state index in [0.29, 0.717) is 17.2 Å². The maximum Gasteiger partial charge on any atom is 0.319 e. The Labute approximate surface area is 94.7 Å². The summed E-state index contributed by atoms with van der Waals surface area (Å²) in [5, 5.41) is 5.13. The summed E-state index contributed by atoms with van der Waals surface area (Å²) in [4.78, 5) is 11.3. The van der Waals surface area contributed by atoms with Gasteiger partial charge in [0, 0.05) is 7.05 Å². The minimum atomic E-state index is -0.319. The fraction of sp³-hybridized carbons (Fsp3) is 0.364. The Morgan fingerprint density at radius 3 is 2.06 bits per heavy atom. The highest BCUT2D eigenvalue weighted by atomic mass is 16.5. The van der Waals surface area contributed by atoms with Crippen LogP contribution in [0, 0.1) is 6.92 Å². The summed E-state index contributed by atoms with van der Waals surface area (Å²) in [6.45, 7) is 1.93. The molecular weight excluding hydrogens is 208 g/mol. The van der Waals surface area contributed by atoms with Gasteiger partial charge < -0.3 is 20.1 Å². The van der Waals surface area contributed by atoms with Gasteiger partial charge in [0.15, 0.2) is 0 Å². The van der Waals surface area contributed by atoms with Gasteiger partial charge >= 0.3 is 6.03 Å². The van der Waals surface area contributed by atoms with Crippen molar-refractivity contribution < 1.29 is 14.3 Å². The van der Waals surface area contributed by atoms with Crippen molar-refractivity contribution in [1.82, 2.24) is 5.32 Å². The molecule has 0 spiro atoms. The van der Waals surface area contributed by atoms with Gasteiger partial charge in [-0.05, 0) is 24.6 Å². The molecule has 0 aliphatic heterocycles. The normalized spacial score (nSPS) is 9.50. The average molecular weight is 224 g/mol. The minimum absolute atomic E-state index is 0.319. The van der Waals surface area contributed by atoms with E-state index in [4.69, 9.17) is 9.47 Å². The molecule has 0 saturated heterocycles. The van der Waals surface area contributed by atoms with Gasteiger partial charge in [-0.15, -0.1) is 0 Å². The van der Waals surface area contributed by atoms with Crippen molar-refractivity contribution in [2.45, 2.75) is 6.92 Å². The van der Waals surface area contributed by atoms with Crippen molar-refractivity contribution in [2.75, 3.05) is 26.6 Å². The monoisotopic (exact) mass is 224 g/mol. The van der Waals surface area contributed by atoms with Crippen LogP contribution >= 0.6 is 0 Å². The van der Waals surface area contributed by atoms with Crippen LogP contribution in [0.2, 0.25) is 0 Å². The molecular formula is C11H16N2O3. The highest BCUT2D eigenvalue weighted by Gasteiger charge is 2.13. The van der Waals surface area contributed by atoms with Crippen molar-refractivity contribution >= 4 is 11.7 Å². The Kier molecular flexibility index (Phi) is 3.99. The molecule has 2 N–H and O–H groups in total. The molecule has 0 atom stereocenters. The van der Waals surface area contributed by atoms with Crippen LogP contribution in [0.1, 0.15) is 5.56 Å². The van der Waals surface area contributed by atoms with Gasteiger partial charge in [0.05, 0.1) is 14.2 Å². The number of benzene rings is 1. The van der Waals surface area contributed by atoms with Crippen LogP contribution < -0.4 is 20.1 Å². The van der Waals surface area contributed by atoms with Gasteiger partial charge in [0.2, 0.25) is 0 Å². The molecule has 0 fully saturated rings. The number of carbonyl (C=O) groups is 1. The third-order valence-corrected chi connectivity index (χ3v) is 2.12. The first-order valence-electron chi connectivity index (χ1n) is 4.83. The SMILES string of the molecule is CNC(=O)Nc1c(OC)cc(C)cc1OC. The summed E-state index contributed by atoms with van der Waals surface area (Å²) in [5.41, 5.74) is 1.52. The van der Waals surface area contributed by atoms with Crippen LogP contribution in [0.25, 0.3) is 0 Å². The fourth-order valence-corrected chi connectivity index (χ4v) is 1.34. The molecule has 1 rings (SSSR count). The molecule has 0 bridgehead atoms. The second-order valence-corrected chi connectivity index (χ2v) is 3.25. The largest absolute Gasteiger partial charge is 0.494 e. The van der Waals surface area contributed by atoms with E-state index in [1.807, 2.05) is 19.1 Å². The summed E-state index contributed by atoms with van der Waals surface area (Å²) < 4.78 is 10.4. The van der Waals surface area contributed by atoms with Crippen LogP contribution in [0.5, 0.6) is 11.5 Å². The number of methoxy groups -OCH3 is 2. The Balaban J connectivity index is 3.16. The van der Waals surface area contributed by atoms with Gasteiger partial charge in [0.25, 0.3) is 0 Å². The molecule has 0 heterocycles. The van der Waals surface area contributed by atoms with E-state index in [-0.39, 0.29) is 6.03 Å². The van der Waals surface area contributed by atoms with Crippen molar-refractivity contribution in [3.63, 3.8) is 0 Å². The maximum absolute atomic E-state index is 11.3. The van der Waals surface area contributed by atoms with Crippen LogP contribution in [0.3, 0.4) is 0 Å². The number of ether oxygens (including phenoxy) is 2. The third-order valence-electron chi connectivity index (χ3n) is 2.12. The average Bonchev–Trinajstić information content (AvgIpc) is 2.30. The second kappa shape index (κ2) is 5.25. The summed E-state index contributed by atoms with van der Waals surface area (Å²) in [6.07, 6.45) is 0. The molecule has 5 heteroatoms. The summed E-state index contributed by atoms with van der Waals surface area (Å²) >= 11 is 0. The van der Waals surface area contributed by atoms with Crippen molar-refractivity contribution in [3.8, 4) is 11.5 Å². The Bertz CT molecular complexity index is 366. The number of urea groups is 1.